The number of ether oxygens (including phenoxy) is 1. The molecule has 7 heteroatoms. The van der Waals surface area contributed by atoms with Gasteiger partial charge in [-0.15, -0.1) is 0 Å². The van der Waals surface area contributed by atoms with Crippen LogP contribution in [0.25, 0.3) is 22.3 Å². The highest BCUT2D eigenvalue weighted by Crippen LogP contribution is 2.31. The number of rotatable bonds is 5. The summed E-state index contributed by atoms with van der Waals surface area (Å²) in [5, 5.41) is 0.637. The van der Waals surface area contributed by atoms with E-state index >= 15 is 0 Å². The molecule has 184 valence electrons. The predicted molar refractivity (Wildman–Crippen MR) is 145 cm³/mol. The summed E-state index contributed by atoms with van der Waals surface area (Å²) in [4.78, 5) is 27.2. The van der Waals surface area contributed by atoms with Crippen molar-refractivity contribution in [3.05, 3.63) is 82.9 Å². The first-order valence-electron chi connectivity index (χ1n) is 12.2. The van der Waals surface area contributed by atoms with Crippen LogP contribution in [0.1, 0.15) is 17.5 Å². The number of amides is 1. The lowest BCUT2D eigenvalue weighted by Gasteiger charge is -2.25. The third kappa shape index (κ3) is 5.29. The number of hydrogen-bond donors (Lipinski definition) is 0. The fraction of sp³-hybridized carbons (Fsp3) is 0.276. The number of hydrogen-bond acceptors (Lipinski definition) is 5. The van der Waals surface area contributed by atoms with E-state index in [-0.39, 0.29) is 12.5 Å². The average molecular weight is 501 g/mol. The van der Waals surface area contributed by atoms with E-state index in [1.165, 1.54) is 11.1 Å². The van der Waals surface area contributed by atoms with Gasteiger partial charge in [0.15, 0.2) is 12.4 Å². The second-order valence-electron chi connectivity index (χ2n) is 9.15. The van der Waals surface area contributed by atoms with E-state index in [0.29, 0.717) is 30.4 Å². The Labute approximate surface area is 216 Å². The standard InChI is InChI=1S/C29H29ClN4O2/c1-20-17-25-26(18-21(20)2)32-29(28(31-25)22-7-4-3-5-8-22)34-14-6-13-33(15-16-34)27(35)19-36-24-11-9-23(30)10-12-24/h3-5,7-12,17-18H,6,13-16,19H2,1-2H3. The van der Waals surface area contributed by atoms with Gasteiger partial charge in [-0.25, -0.2) is 9.97 Å². The van der Waals surface area contributed by atoms with E-state index in [1.54, 1.807) is 24.3 Å². The quantitative estimate of drug-likeness (QED) is 0.352. The fourth-order valence-electron chi connectivity index (χ4n) is 4.46. The normalized spacial score (nSPS) is 14.1. The van der Waals surface area contributed by atoms with Crippen molar-refractivity contribution in [2.24, 2.45) is 0 Å². The van der Waals surface area contributed by atoms with Gasteiger partial charge in [0.2, 0.25) is 0 Å². The second kappa shape index (κ2) is 10.5. The summed E-state index contributed by atoms with van der Waals surface area (Å²) >= 11 is 5.93. The molecular weight excluding hydrogens is 472 g/mol. The summed E-state index contributed by atoms with van der Waals surface area (Å²) in [6.07, 6.45) is 0.841. The number of fused-ring (bicyclic) bond motifs is 1. The zero-order valence-electron chi connectivity index (χ0n) is 20.6. The van der Waals surface area contributed by atoms with E-state index in [1.807, 2.05) is 23.1 Å². The Morgan fingerprint density at radius 1 is 0.889 bits per heavy atom. The Morgan fingerprint density at radius 2 is 1.58 bits per heavy atom. The molecule has 0 N–H and O–H groups in total. The summed E-state index contributed by atoms with van der Waals surface area (Å²) in [5.41, 5.74) is 6.09. The zero-order chi connectivity index (χ0) is 25.1. The molecule has 36 heavy (non-hydrogen) atoms. The van der Waals surface area contributed by atoms with Crippen LogP contribution < -0.4 is 9.64 Å². The van der Waals surface area contributed by atoms with Crippen molar-refractivity contribution in [1.82, 2.24) is 14.9 Å². The lowest BCUT2D eigenvalue weighted by molar-refractivity contribution is -0.133. The number of aryl methyl sites for hydroxylation is 2. The van der Waals surface area contributed by atoms with Crippen molar-refractivity contribution >= 4 is 34.4 Å². The number of nitrogens with zero attached hydrogens (tertiary/aromatic N) is 4. The fourth-order valence-corrected chi connectivity index (χ4v) is 4.58. The number of anilines is 1. The molecule has 2 heterocycles. The maximum absolute atomic E-state index is 12.9. The van der Waals surface area contributed by atoms with E-state index in [0.717, 1.165) is 41.1 Å². The molecule has 0 bridgehead atoms. The molecule has 6 nitrogen and oxygen atoms in total. The minimum absolute atomic E-state index is 0.00526. The minimum Gasteiger partial charge on any atom is -0.484 e. The first-order chi connectivity index (χ1) is 17.5. The van der Waals surface area contributed by atoms with Gasteiger partial charge < -0.3 is 14.5 Å². The molecule has 1 aliphatic heterocycles. The summed E-state index contributed by atoms with van der Waals surface area (Å²) < 4.78 is 5.69. The first-order valence-corrected chi connectivity index (χ1v) is 12.6. The van der Waals surface area contributed by atoms with Crippen LogP contribution >= 0.6 is 11.6 Å². The Hall–Kier alpha value is -3.64. The van der Waals surface area contributed by atoms with Crippen LogP contribution in [-0.4, -0.2) is 53.6 Å². The summed E-state index contributed by atoms with van der Waals surface area (Å²) in [7, 11) is 0. The highest BCUT2D eigenvalue weighted by molar-refractivity contribution is 6.30. The topological polar surface area (TPSA) is 58.6 Å². The van der Waals surface area contributed by atoms with Gasteiger partial charge in [-0.2, -0.15) is 0 Å². The molecule has 0 unspecified atom stereocenters. The molecule has 4 aromatic rings. The highest BCUT2D eigenvalue weighted by Gasteiger charge is 2.23. The molecule has 1 aliphatic rings. The van der Waals surface area contributed by atoms with Gasteiger partial charge in [0.05, 0.1) is 11.0 Å². The Balaban J connectivity index is 1.37. The minimum atomic E-state index is -0.0224. The maximum Gasteiger partial charge on any atom is 0.260 e. The molecule has 0 spiro atoms. The number of carbonyl (C=O) groups excluding carboxylic acids is 1. The molecular formula is C29H29ClN4O2. The largest absolute Gasteiger partial charge is 0.484 e. The first kappa shape index (κ1) is 24.1. The van der Waals surface area contributed by atoms with Crippen molar-refractivity contribution in [3.63, 3.8) is 0 Å². The molecule has 5 rings (SSSR count). The van der Waals surface area contributed by atoms with Gasteiger partial charge in [-0.05, 0) is 67.8 Å². The van der Waals surface area contributed by atoms with Gasteiger partial charge >= 0.3 is 0 Å². The molecule has 1 aromatic heterocycles. The summed E-state index contributed by atoms with van der Waals surface area (Å²) in [6, 6.07) is 21.5. The van der Waals surface area contributed by atoms with Crippen molar-refractivity contribution in [2.75, 3.05) is 37.7 Å². The number of benzene rings is 3. The van der Waals surface area contributed by atoms with Crippen LogP contribution in [0.5, 0.6) is 5.75 Å². The predicted octanol–water partition coefficient (Wildman–Crippen LogP) is 5.68. The molecule has 0 aliphatic carbocycles. The van der Waals surface area contributed by atoms with Crippen molar-refractivity contribution in [1.29, 1.82) is 0 Å². The summed E-state index contributed by atoms with van der Waals surface area (Å²) in [5.74, 6) is 1.48. The van der Waals surface area contributed by atoms with Crippen LogP contribution in [0.4, 0.5) is 5.82 Å². The molecule has 1 fully saturated rings. The lowest BCUT2D eigenvalue weighted by atomic mass is 10.1. The number of halogens is 1. The monoisotopic (exact) mass is 500 g/mol. The van der Waals surface area contributed by atoms with Crippen LogP contribution in [-0.2, 0) is 4.79 Å². The van der Waals surface area contributed by atoms with Gasteiger partial charge in [-0.1, -0.05) is 41.9 Å². The van der Waals surface area contributed by atoms with E-state index in [4.69, 9.17) is 26.3 Å². The Morgan fingerprint density at radius 3 is 2.31 bits per heavy atom. The van der Waals surface area contributed by atoms with Crippen LogP contribution in [0.15, 0.2) is 66.7 Å². The SMILES string of the molecule is Cc1cc2nc(-c3ccccc3)c(N3CCCN(C(=O)COc4ccc(Cl)cc4)CC3)nc2cc1C. The molecule has 3 aromatic carbocycles. The van der Waals surface area contributed by atoms with Crippen molar-refractivity contribution in [3.8, 4) is 17.0 Å². The second-order valence-corrected chi connectivity index (χ2v) is 9.59. The van der Waals surface area contributed by atoms with Crippen LogP contribution in [0, 0.1) is 13.8 Å². The highest BCUT2D eigenvalue weighted by atomic mass is 35.5. The average Bonchev–Trinajstić information content (AvgIpc) is 3.15. The maximum atomic E-state index is 12.9. The molecule has 1 saturated heterocycles. The van der Waals surface area contributed by atoms with Gasteiger partial charge in [-0.3, -0.25) is 4.79 Å². The van der Waals surface area contributed by atoms with Crippen LogP contribution in [0.3, 0.4) is 0 Å². The van der Waals surface area contributed by atoms with Crippen LogP contribution in [0.2, 0.25) is 5.02 Å². The third-order valence-electron chi connectivity index (χ3n) is 6.63. The van der Waals surface area contributed by atoms with Crippen molar-refractivity contribution in [2.45, 2.75) is 20.3 Å². The number of aromatic nitrogens is 2. The molecule has 1 amide bonds. The van der Waals surface area contributed by atoms with E-state index in [9.17, 15) is 4.79 Å². The zero-order valence-corrected chi connectivity index (χ0v) is 21.3. The van der Waals surface area contributed by atoms with E-state index < -0.39 is 0 Å². The smallest absolute Gasteiger partial charge is 0.260 e. The molecule has 0 atom stereocenters. The summed E-state index contributed by atoms with van der Waals surface area (Å²) in [6.45, 7) is 6.96. The van der Waals surface area contributed by atoms with Gasteiger partial charge in [0, 0.05) is 36.8 Å². The van der Waals surface area contributed by atoms with Gasteiger partial charge in [0.25, 0.3) is 5.91 Å². The molecule has 0 saturated carbocycles. The third-order valence-corrected chi connectivity index (χ3v) is 6.88. The lowest BCUT2D eigenvalue weighted by Crippen LogP contribution is -2.38. The number of carbonyl (C=O) groups is 1. The molecule has 0 radical (unpaired) electrons. The Kier molecular flexibility index (Phi) is 7.05. The van der Waals surface area contributed by atoms with Crippen molar-refractivity contribution < 1.29 is 9.53 Å². The van der Waals surface area contributed by atoms with E-state index in [2.05, 4.69) is 43.0 Å². The Bertz CT molecular complexity index is 1380. The van der Waals surface area contributed by atoms with Gasteiger partial charge in [0.1, 0.15) is 11.4 Å².